The highest BCUT2D eigenvalue weighted by atomic mass is 16.2. The van der Waals surface area contributed by atoms with Crippen molar-refractivity contribution in [3.63, 3.8) is 0 Å². The van der Waals surface area contributed by atoms with Gasteiger partial charge in [-0.2, -0.15) is 0 Å². The van der Waals surface area contributed by atoms with E-state index in [-0.39, 0.29) is 11.9 Å². The van der Waals surface area contributed by atoms with E-state index in [0.29, 0.717) is 18.4 Å². The van der Waals surface area contributed by atoms with E-state index in [1.54, 1.807) is 0 Å². The van der Waals surface area contributed by atoms with Crippen molar-refractivity contribution in [1.29, 1.82) is 0 Å². The Morgan fingerprint density at radius 1 is 0.821 bits per heavy atom. The second-order valence-corrected chi connectivity index (χ2v) is 9.02. The van der Waals surface area contributed by atoms with Crippen molar-refractivity contribution < 1.29 is 9.59 Å². The van der Waals surface area contributed by atoms with Crippen molar-refractivity contribution in [2.45, 2.75) is 83.1 Å². The highest BCUT2D eigenvalue weighted by Crippen LogP contribution is 2.22. The minimum atomic E-state index is 0.104. The zero-order chi connectivity index (χ0) is 19.6. The molecule has 1 aliphatic carbocycles. The average Bonchev–Trinajstić information content (AvgIpc) is 2.73. The summed E-state index contributed by atoms with van der Waals surface area (Å²) in [6.45, 7) is 5.91. The summed E-state index contributed by atoms with van der Waals surface area (Å²) in [5.41, 5.74) is 0. The number of nitrogens with one attached hydrogen (secondary N) is 2. The Kier molecular flexibility index (Phi) is 8.90. The highest BCUT2D eigenvalue weighted by Gasteiger charge is 2.26. The second-order valence-electron chi connectivity index (χ2n) is 9.02. The van der Waals surface area contributed by atoms with E-state index in [1.165, 1.54) is 51.6 Å². The minimum Gasteiger partial charge on any atom is -0.356 e. The Morgan fingerprint density at radius 2 is 1.50 bits per heavy atom. The molecule has 3 amide bonds. The zero-order valence-corrected chi connectivity index (χ0v) is 17.6. The van der Waals surface area contributed by atoms with Gasteiger partial charge in [-0.15, -0.1) is 0 Å². The number of hydrogen-bond acceptors (Lipinski definition) is 3. The fourth-order valence-corrected chi connectivity index (χ4v) is 4.90. The van der Waals surface area contributed by atoms with Crippen LogP contribution in [0.2, 0.25) is 0 Å². The molecule has 2 N–H and O–H groups in total. The molecule has 0 bridgehead atoms. The number of hydrogen-bond donors (Lipinski definition) is 2. The highest BCUT2D eigenvalue weighted by molar-refractivity contribution is 5.76. The van der Waals surface area contributed by atoms with Crippen molar-refractivity contribution in [1.82, 2.24) is 20.4 Å². The SMILES string of the molecule is O=C(CC1CCN(C(=O)NC2CCCCC2)CC1)NCCCN1CCCCC1. The van der Waals surface area contributed by atoms with Gasteiger partial charge >= 0.3 is 6.03 Å². The van der Waals surface area contributed by atoms with Crippen molar-refractivity contribution in [2.24, 2.45) is 5.92 Å². The van der Waals surface area contributed by atoms with Crippen LogP contribution in [0.25, 0.3) is 0 Å². The first-order chi connectivity index (χ1) is 13.7. The van der Waals surface area contributed by atoms with Crippen molar-refractivity contribution in [3.05, 3.63) is 0 Å². The van der Waals surface area contributed by atoms with Crippen LogP contribution in [0.4, 0.5) is 4.79 Å². The summed E-state index contributed by atoms with van der Waals surface area (Å²) in [5, 5.41) is 6.31. The zero-order valence-electron chi connectivity index (χ0n) is 17.6. The maximum absolute atomic E-state index is 12.4. The van der Waals surface area contributed by atoms with E-state index in [1.807, 2.05) is 4.90 Å². The molecule has 0 unspecified atom stereocenters. The summed E-state index contributed by atoms with van der Waals surface area (Å²) in [6, 6.07) is 0.474. The molecule has 1 saturated carbocycles. The van der Waals surface area contributed by atoms with Crippen LogP contribution < -0.4 is 10.6 Å². The summed E-state index contributed by atoms with van der Waals surface area (Å²) < 4.78 is 0. The van der Waals surface area contributed by atoms with Gasteiger partial charge in [0.1, 0.15) is 0 Å². The molecule has 6 heteroatoms. The molecule has 3 aliphatic rings. The van der Waals surface area contributed by atoms with Crippen LogP contribution in [0.1, 0.15) is 77.0 Å². The van der Waals surface area contributed by atoms with Gasteiger partial charge in [0, 0.05) is 32.1 Å². The Labute approximate surface area is 170 Å². The van der Waals surface area contributed by atoms with E-state index in [2.05, 4.69) is 15.5 Å². The van der Waals surface area contributed by atoms with Gasteiger partial charge in [0.2, 0.25) is 5.91 Å². The summed E-state index contributed by atoms with van der Waals surface area (Å²) >= 11 is 0. The van der Waals surface area contributed by atoms with Crippen LogP contribution in [-0.4, -0.2) is 67.0 Å². The third-order valence-electron chi connectivity index (χ3n) is 6.73. The van der Waals surface area contributed by atoms with E-state index < -0.39 is 0 Å². The smallest absolute Gasteiger partial charge is 0.317 e. The summed E-state index contributed by atoms with van der Waals surface area (Å²) in [6.07, 6.45) is 13.6. The van der Waals surface area contributed by atoms with Crippen LogP contribution in [0.15, 0.2) is 0 Å². The Bertz CT molecular complexity index is 479. The van der Waals surface area contributed by atoms with Crippen LogP contribution in [0.5, 0.6) is 0 Å². The van der Waals surface area contributed by atoms with E-state index in [4.69, 9.17) is 0 Å². The van der Waals surface area contributed by atoms with Gasteiger partial charge in [0.25, 0.3) is 0 Å². The maximum atomic E-state index is 12.4. The van der Waals surface area contributed by atoms with Crippen LogP contribution in [0, 0.1) is 5.92 Å². The first kappa shape index (κ1) is 21.4. The van der Waals surface area contributed by atoms with Gasteiger partial charge in [-0.3, -0.25) is 4.79 Å². The molecule has 2 saturated heterocycles. The predicted octanol–water partition coefficient (Wildman–Crippen LogP) is 3.12. The van der Waals surface area contributed by atoms with Gasteiger partial charge in [0.05, 0.1) is 0 Å². The Morgan fingerprint density at radius 3 is 2.21 bits per heavy atom. The third kappa shape index (κ3) is 7.26. The molecule has 2 aliphatic heterocycles. The Hall–Kier alpha value is -1.30. The summed E-state index contributed by atoms with van der Waals surface area (Å²) in [4.78, 5) is 29.1. The first-order valence-corrected chi connectivity index (χ1v) is 11.8. The molecule has 0 spiro atoms. The average molecular weight is 393 g/mol. The van der Waals surface area contributed by atoms with Crippen LogP contribution in [0.3, 0.4) is 0 Å². The lowest BCUT2D eigenvalue weighted by Crippen LogP contribution is -2.48. The third-order valence-corrected chi connectivity index (χ3v) is 6.73. The molecule has 0 atom stereocenters. The molecule has 0 aromatic heterocycles. The molecule has 0 aromatic rings. The number of amides is 3. The van der Waals surface area contributed by atoms with Crippen molar-refractivity contribution in [2.75, 3.05) is 39.3 Å². The van der Waals surface area contributed by atoms with Gasteiger partial charge in [0.15, 0.2) is 0 Å². The van der Waals surface area contributed by atoms with Gasteiger partial charge in [-0.25, -0.2) is 4.79 Å². The second kappa shape index (κ2) is 11.6. The number of urea groups is 1. The quantitative estimate of drug-likeness (QED) is 0.654. The van der Waals surface area contributed by atoms with E-state index in [0.717, 1.165) is 58.3 Å². The number of nitrogens with zero attached hydrogens (tertiary/aromatic N) is 2. The van der Waals surface area contributed by atoms with Gasteiger partial charge in [-0.1, -0.05) is 25.7 Å². The molecular weight excluding hydrogens is 352 g/mol. The number of likely N-dealkylation sites (tertiary alicyclic amines) is 2. The summed E-state index contributed by atoms with van der Waals surface area (Å²) in [5.74, 6) is 0.601. The van der Waals surface area contributed by atoms with Crippen molar-refractivity contribution >= 4 is 11.9 Å². The molecule has 0 radical (unpaired) electrons. The Balaban J connectivity index is 1.24. The minimum absolute atomic E-state index is 0.104. The summed E-state index contributed by atoms with van der Waals surface area (Å²) in [7, 11) is 0. The fourth-order valence-electron chi connectivity index (χ4n) is 4.90. The molecule has 28 heavy (non-hydrogen) atoms. The molecule has 0 aromatic carbocycles. The predicted molar refractivity (Wildman–Crippen MR) is 112 cm³/mol. The fraction of sp³-hybridized carbons (Fsp3) is 0.909. The number of piperidine rings is 2. The van der Waals surface area contributed by atoms with E-state index in [9.17, 15) is 9.59 Å². The monoisotopic (exact) mass is 392 g/mol. The molecule has 160 valence electrons. The van der Waals surface area contributed by atoms with Crippen molar-refractivity contribution in [3.8, 4) is 0 Å². The molecule has 2 heterocycles. The standard InChI is InChI=1S/C22H40N4O2/c27-21(23-12-7-15-25-13-5-2-6-14-25)18-19-10-16-26(17-11-19)22(28)24-20-8-3-1-4-9-20/h19-20H,1-18H2,(H,23,27)(H,24,28). The lowest BCUT2D eigenvalue weighted by molar-refractivity contribution is -0.122. The number of rotatable bonds is 7. The van der Waals surface area contributed by atoms with Gasteiger partial charge in [-0.05, 0) is 70.5 Å². The molecule has 3 rings (SSSR count). The van der Waals surface area contributed by atoms with Gasteiger partial charge < -0.3 is 20.4 Å². The lowest BCUT2D eigenvalue weighted by atomic mass is 9.93. The topological polar surface area (TPSA) is 64.7 Å². The maximum Gasteiger partial charge on any atom is 0.317 e. The largest absolute Gasteiger partial charge is 0.356 e. The molecule has 6 nitrogen and oxygen atoms in total. The van der Waals surface area contributed by atoms with E-state index >= 15 is 0 Å². The normalized spacial score (nSPS) is 22.8. The number of carbonyl (C=O) groups is 2. The first-order valence-electron chi connectivity index (χ1n) is 11.8. The number of carbonyl (C=O) groups excluding carboxylic acids is 2. The molecule has 3 fully saturated rings. The van der Waals surface area contributed by atoms with Crippen LogP contribution in [-0.2, 0) is 4.79 Å². The molecular formula is C22H40N4O2. The van der Waals surface area contributed by atoms with Crippen LogP contribution >= 0.6 is 0 Å². The lowest BCUT2D eigenvalue weighted by Gasteiger charge is -2.33.